The third-order valence-electron chi connectivity index (χ3n) is 3.43. The molecule has 0 saturated carbocycles. The van der Waals surface area contributed by atoms with E-state index in [9.17, 15) is 28.8 Å². The highest BCUT2D eigenvalue weighted by Gasteiger charge is 2.25. The van der Waals surface area contributed by atoms with Crippen LogP contribution in [0.3, 0.4) is 0 Å². The van der Waals surface area contributed by atoms with Gasteiger partial charge in [-0.1, -0.05) is 0 Å². The number of nitrogens with two attached hydrogens (primary N) is 2. The van der Waals surface area contributed by atoms with Crippen molar-refractivity contribution >= 4 is 35.6 Å². The van der Waals surface area contributed by atoms with Crippen LogP contribution in [-0.2, 0) is 28.8 Å². The number of carboxylic acid groups (broad SMARTS) is 2. The third kappa shape index (κ3) is 10.7. The molecule has 0 aliphatic carbocycles. The van der Waals surface area contributed by atoms with Gasteiger partial charge in [-0.3, -0.25) is 24.0 Å². The van der Waals surface area contributed by atoms with Gasteiger partial charge in [0.15, 0.2) is 0 Å². The van der Waals surface area contributed by atoms with Gasteiger partial charge in [-0.25, -0.2) is 4.79 Å². The first kappa shape index (κ1) is 24.8. The number of hydrogen-bond donors (Lipinski definition) is 7. The number of amides is 4. The molecule has 0 aromatic carbocycles. The maximum Gasteiger partial charge on any atom is 0.326 e. The Balaban J connectivity index is 4.76. The first-order chi connectivity index (χ1) is 12.9. The number of carboxylic acids is 2. The highest BCUT2D eigenvalue weighted by atomic mass is 16.4. The summed E-state index contributed by atoms with van der Waals surface area (Å²) in [6.45, 7) is 0.740. The zero-order chi connectivity index (χ0) is 21.9. The second-order valence-corrected chi connectivity index (χ2v) is 5.96. The lowest BCUT2D eigenvalue weighted by atomic mass is 10.1. The summed E-state index contributed by atoms with van der Waals surface area (Å²) in [4.78, 5) is 68.1. The number of primary amides is 1. The molecule has 28 heavy (non-hydrogen) atoms. The van der Waals surface area contributed by atoms with Crippen LogP contribution in [0.4, 0.5) is 0 Å². The molecule has 0 saturated heterocycles. The Morgan fingerprint density at radius 3 is 1.93 bits per heavy atom. The van der Waals surface area contributed by atoms with E-state index in [0.717, 1.165) is 0 Å². The van der Waals surface area contributed by atoms with Crippen molar-refractivity contribution < 1.29 is 39.0 Å². The van der Waals surface area contributed by atoms with Gasteiger partial charge in [0.1, 0.15) is 12.1 Å². The maximum absolute atomic E-state index is 12.1. The van der Waals surface area contributed by atoms with Gasteiger partial charge < -0.3 is 37.6 Å². The van der Waals surface area contributed by atoms with E-state index in [4.69, 9.17) is 21.7 Å². The predicted molar refractivity (Wildman–Crippen MR) is 93.5 cm³/mol. The second-order valence-electron chi connectivity index (χ2n) is 5.96. The smallest absolute Gasteiger partial charge is 0.326 e. The van der Waals surface area contributed by atoms with Crippen LogP contribution in [0, 0.1) is 0 Å². The molecule has 4 amide bonds. The average molecular weight is 403 g/mol. The SMILES string of the molecule is CC(N)C(=O)NC(CCC(=O)O)C(=O)NCC(=O)NC(CCC(N)=O)C(=O)O. The number of hydrogen-bond acceptors (Lipinski definition) is 7. The quantitative estimate of drug-likeness (QED) is 0.162. The normalized spacial score (nSPS) is 13.5. The Morgan fingerprint density at radius 1 is 0.893 bits per heavy atom. The zero-order valence-corrected chi connectivity index (χ0v) is 15.3. The van der Waals surface area contributed by atoms with E-state index in [1.54, 1.807) is 0 Å². The van der Waals surface area contributed by atoms with Gasteiger partial charge in [0.05, 0.1) is 12.6 Å². The van der Waals surface area contributed by atoms with Crippen LogP contribution in [0.25, 0.3) is 0 Å². The Morgan fingerprint density at radius 2 is 1.46 bits per heavy atom. The first-order valence-corrected chi connectivity index (χ1v) is 8.30. The number of nitrogens with one attached hydrogen (secondary N) is 3. The van der Waals surface area contributed by atoms with E-state index in [0.29, 0.717) is 0 Å². The number of rotatable bonds is 13. The molecule has 0 heterocycles. The number of carbonyl (C=O) groups is 6. The molecular formula is C15H25N5O8. The van der Waals surface area contributed by atoms with Crippen LogP contribution in [-0.4, -0.2) is 70.5 Å². The predicted octanol–water partition coefficient (Wildman–Crippen LogP) is -3.37. The van der Waals surface area contributed by atoms with E-state index >= 15 is 0 Å². The van der Waals surface area contributed by atoms with E-state index in [2.05, 4.69) is 16.0 Å². The summed E-state index contributed by atoms with van der Waals surface area (Å²) in [6, 6.07) is -3.56. The number of carbonyl (C=O) groups excluding carboxylic acids is 4. The lowest BCUT2D eigenvalue weighted by molar-refractivity contribution is -0.142. The van der Waals surface area contributed by atoms with E-state index < -0.39 is 66.7 Å². The summed E-state index contributed by atoms with van der Waals surface area (Å²) in [7, 11) is 0. The largest absolute Gasteiger partial charge is 0.481 e. The summed E-state index contributed by atoms with van der Waals surface area (Å²) in [6.07, 6.45) is -1.14. The van der Waals surface area contributed by atoms with Crippen molar-refractivity contribution in [1.29, 1.82) is 0 Å². The van der Waals surface area contributed by atoms with Gasteiger partial charge in [0, 0.05) is 12.8 Å². The van der Waals surface area contributed by atoms with Crippen LogP contribution in [0.5, 0.6) is 0 Å². The molecule has 0 radical (unpaired) electrons. The Labute approximate surface area is 160 Å². The molecule has 0 aromatic heterocycles. The molecule has 0 aliphatic rings. The van der Waals surface area contributed by atoms with Crippen molar-refractivity contribution in [3.63, 3.8) is 0 Å². The highest BCUT2D eigenvalue weighted by molar-refractivity contribution is 5.92. The highest BCUT2D eigenvalue weighted by Crippen LogP contribution is 2.00. The summed E-state index contributed by atoms with van der Waals surface area (Å²) in [5.41, 5.74) is 10.3. The van der Waals surface area contributed by atoms with E-state index in [-0.39, 0.29) is 19.3 Å². The molecule has 13 heteroatoms. The fourth-order valence-corrected chi connectivity index (χ4v) is 1.92. The van der Waals surface area contributed by atoms with Gasteiger partial charge in [-0.2, -0.15) is 0 Å². The molecule has 3 atom stereocenters. The van der Waals surface area contributed by atoms with Gasteiger partial charge in [0.25, 0.3) is 0 Å². The van der Waals surface area contributed by atoms with Gasteiger partial charge in [-0.05, 0) is 19.8 Å². The van der Waals surface area contributed by atoms with Crippen LogP contribution >= 0.6 is 0 Å². The van der Waals surface area contributed by atoms with Crippen molar-refractivity contribution in [2.75, 3.05) is 6.54 Å². The molecule has 0 aromatic rings. The van der Waals surface area contributed by atoms with E-state index in [1.165, 1.54) is 6.92 Å². The number of aliphatic carboxylic acids is 2. The average Bonchev–Trinajstić information content (AvgIpc) is 2.58. The van der Waals surface area contributed by atoms with Crippen LogP contribution in [0.2, 0.25) is 0 Å². The molecule has 0 aliphatic heterocycles. The second kappa shape index (κ2) is 12.2. The van der Waals surface area contributed by atoms with Crippen molar-refractivity contribution in [2.45, 2.75) is 50.7 Å². The van der Waals surface area contributed by atoms with Gasteiger partial charge >= 0.3 is 11.9 Å². The molecule has 13 nitrogen and oxygen atoms in total. The molecule has 3 unspecified atom stereocenters. The topological polar surface area (TPSA) is 231 Å². The lowest BCUT2D eigenvalue weighted by Gasteiger charge is -2.19. The molecule has 0 rings (SSSR count). The third-order valence-corrected chi connectivity index (χ3v) is 3.43. The van der Waals surface area contributed by atoms with E-state index in [1.807, 2.05) is 0 Å². The molecule has 9 N–H and O–H groups in total. The Bertz CT molecular complexity index is 622. The van der Waals surface area contributed by atoms with Crippen LogP contribution in [0.15, 0.2) is 0 Å². The fraction of sp³-hybridized carbons (Fsp3) is 0.600. The minimum absolute atomic E-state index is 0.226. The molecule has 158 valence electrons. The van der Waals surface area contributed by atoms with Crippen molar-refractivity contribution in [2.24, 2.45) is 11.5 Å². The summed E-state index contributed by atoms with van der Waals surface area (Å²) < 4.78 is 0. The molecule has 0 bridgehead atoms. The molecular weight excluding hydrogens is 378 g/mol. The lowest BCUT2D eigenvalue weighted by Crippen LogP contribution is -2.53. The van der Waals surface area contributed by atoms with Crippen molar-refractivity contribution in [3.05, 3.63) is 0 Å². The summed E-state index contributed by atoms with van der Waals surface area (Å²) in [5, 5.41) is 24.3. The summed E-state index contributed by atoms with van der Waals surface area (Å²) >= 11 is 0. The van der Waals surface area contributed by atoms with Crippen molar-refractivity contribution in [1.82, 2.24) is 16.0 Å². The Hall–Kier alpha value is -3.22. The fourth-order valence-electron chi connectivity index (χ4n) is 1.92. The molecule has 0 fully saturated rings. The minimum Gasteiger partial charge on any atom is -0.481 e. The summed E-state index contributed by atoms with van der Waals surface area (Å²) in [5.74, 6) is -5.70. The van der Waals surface area contributed by atoms with Gasteiger partial charge in [-0.15, -0.1) is 0 Å². The molecule has 0 spiro atoms. The minimum atomic E-state index is -1.38. The van der Waals surface area contributed by atoms with Crippen molar-refractivity contribution in [3.8, 4) is 0 Å². The van der Waals surface area contributed by atoms with Gasteiger partial charge in [0.2, 0.25) is 23.6 Å². The van der Waals surface area contributed by atoms with Crippen LogP contribution in [0.1, 0.15) is 32.6 Å². The zero-order valence-electron chi connectivity index (χ0n) is 15.3. The standard InChI is InChI=1S/C15H25N5O8/c1-7(16)13(25)20-8(3-5-12(23)24)14(26)18-6-11(22)19-9(15(27)28)2-4-10(17)21/h7-9H,2-6,16H2,1H3,(H2,17,21)(H,18,26)(H,19,22)(H,20,25)(H,23,24)(H,27,28). The first-order valence-electron chi connectivity index (χ1n) is 8.30. The Kier molecular flexibility index (Phi) is 10.8. The maximum atomic E-state index is 12.1. The monoisotopic (exact) mass is 403 g/mol. The van der Waals surface area contributed by atoms with Crippen LogP contribution < -0.4 is 27.4 Å².